The predicted molar refractivity (Wildman–Crippen MR) is 149 cm³/mol. The maximum atomic E-state index is 13.8. The van der Waals surface area contributed by atoms with Gasteiger partial charge in [0.1, 0.15) is 0 Å². The lowest BCUT2D eigenvalue weighted by Gasteiger charge is -2.28. The van der Waals surface area contributed by atoms with Crippen molar-refractivity contribution in [2.75, 3.05) is 13.1 Å². The van der Waals surface area contributed by atoms with Crippen LogP contribution in [0.1, 0.15) is 64.7 Å². The van der Waals surface area contributed by atoms with E-state index in [4.69, 9.17) is 5.10 Å². The molecule has 1 aromatic carbocycles. The fourth-order valence-electron chi connectivity index (χ4n) is 5.61. The van der Waals surface area contributed by atoms with Crippen molar-refractivity contribution in [3.63, 3.8) is 0 Å². The Morgan fingerprint density at radius 2 is 1.70 bits per heavy atom. The van der Waals surface area contributed by atoms with Crippen LogP contribution in [0.4, 0.5) is 0 Å². The van der Waals surface area contributed by atoms with Crippen molar-refractivity contribution in [3.8, 4) is 0 Å². The Hall–Kier alpha value is -2.59. The summed E-state index contributed by atoms with van der Waals surface area (Å²) in [4.78, 5) is 16.4. The third kappa shape index (κ3) is 4.74. The van der Waals surface area contributed by atoms with E-state index in [1.807, 2.05) is 17.5 Å². The molecule has 0 N–H and O–H groups in total. The van der Waals surface area contributed by atoms with Crippen LogP contribution in [-0.2, 0) is 10.0 Å². The van der Waals surface area contributed by atoms with E-state index in [-0.39, 0.29) is 22.8 Å². The van der Waals surface area contributed by atoms with Crippen molar-refractivity contribution >= 4 is 50.4 Å². The zero-order chi connectivity index (χ0) is 25.4. The second kappa shape index (κ2) is 10.3. The Balaban J connectivity index is 1.32. The number of rotatable bonds is 5. The van der Waals surface area contributed by atoms with E-state index in [2.05, 4.69) is 23.6 Å². The number of allylic oxidation sites excluding steroid dienone is 1. The number of fused-ring (bicyclic) bond motifs is 1. The molecule has 1 saturated heterocycles. The highest BCUT2D eigenvalue weighted by atomic mass is 32.2. The highest BCUT2D eigenvalue weighted by Gasteiger charge is 2.44. The van der Waals surface area contributed by atoms with Gasteiger partial charge < -0.3 is 0 Å². The van der Waals surface area contributed by atoms with E-state index < -0.39 is 10.0 Å². The van der Waals surface area contributed by atoms with E-state index in [0.29, 0.717) is 18.7 Å². The van der Waals surface area contributed by atoms with E-state index in [0.717, 1.165) is 49.1 Å². The van der Waals surface area contributed by atoms with Gasteiger partial charge in [0, 0.05) is 34.3 Å². The Morgan fingerprint density at radius 3 is 2.41 bits per heavy atom. The summed E-state index contributed by atoms with van der Waals surface area (Å²) in [7, 11) is -3.54. The molecule has 0 bridgehead atoms. The number of nitrogens with zero attached hydrogens (tertiary/aromatic N) is 3. The van der Waals surface area contributed by atoms with Crippen LogP contribution in [0.2, 0.25) is 0 Å². The molecule has 6 nitrogen and oxygen atoms in total. The van der Waals surface area contributed by atoms with Crippen molar-refractivity contribution in [2.24, 2.45) is 11.0 Å². The number of hydrazone groups is 1. The summed E-state index contributed by atoms with van der Waals surface area (Å²) >= 11 is 3.36. The van der Waals surface area contributed by atoms with Crippen LogP contribution >= 0.6 is 22.7 Å². The van der Waals surface area contributed by atoms with Crippen LogP contribution in [-0.4, -0.2) is 42.4 Å². The van der Waals surface area contributed by atoms with Crippen molar-refractivity contribution in [1.29, 1.82) is 0 Å². The van der Waals surface area contributed by atoms with Crippen LogP contribution < -0.4 is 0 Å². The molecular weight excluding hydrogens is 523 g/mol. The Labute approximate surface area is 226 Å². The number of benzene rings is 1. The molecule has 37 heavy (non-hydrogen) atoms. The standard InChI is InChI=1S/C28H29N3O3S3/c32-28(20-11-13-23(14-12-20)37(33,34)30-15-2-1-3-16-30)31-27(25-10-6-18-36-25)24-9-4-7-21(26(24)29-31)19-22-8-5-17-35-22/h5-6,8,10-14,17-19,24,27H,1-4,7,9,15-16H2. The van der Waals surface area contributed by atoms with Crippen LogP contribution in [0.15, 0.2) is 74.9 Å². The SMILES string of the molecule is O=C(c1ccc(S(=O)(=O)N2CCCCC2)cc1)N1N=C2C(=Cc3cccs3)CCCC2C1c1cccs1. The lowest BCUT2D eigenvalue weighted by molar-refractivity contribution is 0.0684. The maximum absolute atomic E-state index is 13.8. The molecule has 4 heterocycles. The zero-order valence-electron chi connectivity index (χ0n) is 20.5. The minimum Gasteiger partial charge on any atom is -0.267 e. The summed E-state index contributed by atoms with van der Waals surface area (Å²) in [6, 6.07) is 14.5. The van der Waals surface area contributed by atoms with E-state index in [1.54, 1.807) is 56.3 Å². The molecule has 1 amide bonds. The maximum Gasteiger partial charge on any atom is 0.274 e. The molecule has 192 valence electrons. The van der Waals surface area contributed by atoms with Gasteiger partial charge in [-0.1, -0.05) is 18.6 Å². The predicted octanol–water partition coefficient (Wildman–Crippen LogP) is 6.42. The van der Waals surface area contributed by atoms with Crippen molar-refractivity contribution in [1.82, 2.24) is 9.31 Å². The first-order chi connectivity index (χ1) is 18.0. The van der Waals surface area contributed by atoms with Gasteiger partial charge in [-0.25, -0.2) is 13.4 Å². The van der Waals surface area contributed by atoms with Gasteiger partial charge in [0.05, 0.1) is 16.6 Å². The topological polar surface area (TPSA) is 70.1 Å². The Bertz CT molecular complexity index is 1420. The number of thiophene rings is 2. The van der Waals surface area contributed by atoms with Gasteiger partial charge in [0.2, 0.25) is 10.0 Å². The second-order valence-electron chi connectivity index (χ2n) is 9.77. The summed E-state index contributed by atoms with van der Waals surface area (Å²) < 4.78 is 27.7. The van der Waals surface area contributed by atoms with E-state index in [1.165, 1.54) is 10.5 Å². The molecule has 0 spiro atoms. The minimum atomic E-state index is -3.54. The van der Waals surface area contributed by atoms with Crippen LogP contribution in [0, 0.1) is 5.92 Å². The average Bonchev–Trinajstić information content (AvgIpc) is 3.70. The molecule has 3 aromatic rings. The average molecular weight is 552 g/mol. The molecular formula is C28H29N3O3S3. The summed E-state index contributed by atoms with van der Waals surface area (Å²) in [5, 5.41) is 10.7. The molecule has 2 aromatic heterocycles. The molecule has 1 saturated carbocycles. The fourth-order valence-corrected chi connectivity index (χ4v) is 8.68. The lowest BCUT2D eigenvalue weighted by atomic mass is 9.79. The Kier molecular flexibility index (Phi) is 6.88. The van der Waals surface area contributed by atoms with Gasteiger partial charge in [-0.05, 0) is 90.9 Å². The monoisotopic (exact) mass is 551 g/mol. The highest BCUT2D eigenvalue weighted by Crippen LogP contribution is 2.46. The molecule has 2 atom stereocenters. The van der Waals surface area contributed by atoms with Crippen molar-refractivity contribution < 1.29 is 13.2 Å². The van der Waals surface area contributed by atoms with Crippen molar-refractivity contribution in [2.45, 2.75) is 49.5 Å². The van der Waals surface area contributed by atoms with Crippen LogP contribution in [0.5, 0.6) is 0 Å². The van der Waals surface area contributed by atoms with E-state index in [9.17, 15) is 13.2 Å². The number of hydrogen-bond donors (Lipinski definition) is 0. The van der Waals surface area contributed by atoms with Gasteiger partial charge in [-0.3, -0.25) is 4.79 Å². The van der Waals surface area contributed by atoms with E-state index >= 15 is 0 Å². The molecule has 9 heteroatoms. The first kappa shape index (κ1) is 24.7. The van der Waals surface area contributed by atoms with Gasteiger partial charge in [0.25, 0.3) is 5.91 Å². The molecule has 6 rings (SSSR count). The van der Waals surface area contributed by atoms with Gasteiger partial charge >= 0.3 is 0 Å². The summed E-state index contributed by atoms with van der Waals surface area (Å²) in [6.07, 6.45) is 8.06. The summed E-state index contributed by atoms with van der Waals surface area (Å²) in [5.74, 6) is -0.0426. The minimum absolute atomic E-state index is 0.147. The molecule has 2 aliphatic heterocycles. The van der Waals surface area contributed by atoms with Crippen LogP contribution in [0.25, 0.3) is 6.08 Å². The third-order valence-electron chi connectivity index (χ3n) is 7.46. The third-order valence-corrected chi connectivity index (χ3v) is 11.1. The van der Waals surface area contributed by atoms with Gasteiger partial charge in [-0.2, -0.15) is 9.41 Å². The number of sulfonamides is 1. The largest absolute Gasteiger partial charge is 0.274 e. The number of carbonyl (C=O) groups is 1. The molecule has 0 radical (unpaired) electrons. The first-order valence-corrected chi connectivity index (χ1v) is 16.0. The zero-order valence-corrected chi connectivity index (χ0v) is 22.9. The summed E-state index contributed by atoms with van der Waals surface area (Å²) in [6.45, 7) is 1.11. The first-order valence-electron chi connectivity index (χ1n) is 12.8. The fraction of sp³-hybridized carbons (Fsp3) is 0.357. The van der Waals surface area contributed by atoms with Crippen LogP contribution in [0.3, 0.4) is 0 Å². The molecule has 1 aliphatic carbocycles. The highest BCUT2D eigenvalue weighted by molar-refractivity contribution is 7.89. The normalized spacial score (nSPS) is 23.7. The molecule has 2 fully saturated rings. The molecule has 2 unspecified atom stereocenters. The number of hydrogen-bond acceptors (Lipinski definition) is 6. The molecule has 3 aliphatic rings. The lowest BCUT2D eigenvalue weighted by Crippen LogP contribution is -2.35. The van der Waals surface area contributed by atoms with Gasteiger partial charge in [0.15, 0.2) is 0 Å². The second-order valence-corrected chi connectivity index (χ2v) is 13.7. The smallest absolute Gasteiger partial charge is 0.267 e. The quantitative estimate of drug-likeness (QED) is 0.367. The Morgan fingerprint density at radius 1 is 0.946 bits per heavy atom. The van der Waals surface area contributed by atoms with Crippen molar-refractivity contribution in [3.05, 3.63) is 80.2 Å². The number of amides is 1. The van der Waals surface area contributed by atoms with Gasteiger partial charge in [-0.15, -0.1) is 22.7 Å². The summed E-state index contributed by atoms with van der Waals surface area (Å²) in [5.41, 5.74) is 2.67. The number of piperidine rings is 1. The number of carbonyl (C=O) groups excluding carboxylic acids is 1.